The van der Waals surface area contributed by atoms with E-state index in [0.717, 1.165) is 44.2 Å². The fourth-order valence-corrected chi connectivity index (χ4v) is 2.08. The van der Waals surface area contributed by atoms with Gasteiger partial charge < -0.3 is 9.47 Å². The van der Waals surface area contributed by atoms with Gasteiger partial charge in [0.1, 0.15) is 5.75 Å². The van der Waals surface area contributed by atoms with Crippen LogP contribution in [-0.2, 0) is 9.53 Å². The molecule has 20 heavy (non-hydrogen) atoms. The number of ether oxygens (including phenoxy) is 2. The van der Waals surface area contributed by atoms with Crippen molar-refractivity contribution in [3.8, 4) is 5.75 Å². The Labute approximate surface area is 120 Å². The lowest BCUT2D eigenvalue weighted by Crippen LogP contribution is -2.37. The van der Waals surface area contributed by atoms with Crippen LogP contribution in [0.2, 0.25) is 0 Å². The van der Waals surface area contributed by atoms with Crippen LogP contribution in [0.4, 0.5) is 0 Å². The van der Waals surface area contributed by atoms with E-state index >= 15 is 0 Å². The summed E-state index contributed by atoms with van der Waals surface area (Å²) >= 11 is 0. The fraction of sp³-hybridized carbons (Fsp3) is 0.438. The molecule has 4 heteroatoms. The average Bonchev–Trinajstić information content (AvgIpc) is 2.52. The van der Waals surface area contributed by atoms with Crippen LogP contribution in [0.25, 0.3) is 6.08 Å². The van der Waals surface area contributed by atoms with Gasteiger partial charge in [0.05, 0.1) is 20.3 Å². The number of carbonyl (C=O) groups excluding carboxylic acids is 1. The SMILES string of the molecule is COc1ccc(/C=C/C(=O)CCN2CCOCC2)cc1. The van der Waals surface area contributed by atoms with Gasteiger partial charge in [-0.15, -0.1) is 0 Å². The zero-order valence-corrected chi connectivity index (χ0v) is 11.9. The van der Waals surface area contributed by atoms with Crippen molar-refractivity contribution >= 4 is 11.9 Å². The summed E-state index contributed by atoms with van der Waals surface area (Å²) < 4.78 is 10.4. The van der Waals surface area contributed by atoms with Gasteiger partial charge in [-0.1, -0.05) is 18.2 Å². The average molecular weight is 275 g/mol. The molecule has 1 fully saturated rings. The molecule has 0 radical (unpaired) electrons. The maximum atomic E-state index is 11.8. The molecule has 0 amide bonds. The van der Waals surface area contributed by atoms with E-state index in [1.165, 1.54) is 0 Å². The normalized spacial score (nSPS) is 16.4. The van der Waals surface area contributed by atoms with Gasteiger partial charge in [-0.25, -0.2) is 0 Å². The van der Waals surface area contributed by atoms with Gasteiger partial charge in [0.25, 0.3) is 0 Å². The molecule has 1 aliphatic heterocycles. The minimum absolute atomic E-state index is 0.160. The lowest BCUT2D eigenvalue weighted by molar-refractivity contribution is -0.115. The highest BCUT2D eigenvalue weighted by atomic mass is 16.5. The Morgan fingerprint density at radius 2 is 2.00 bits per heavy atom. The van der Waals surface area contributed by atoms with Gasteiger partial charge in [-0.3, -0.25) is 9.69 Å². The summed E-state index contributed by atoms with van der Waals surface area (Å²) in [5, 5.41) is 0. The van der Waals surface area contributed by atoms with Crippen LogP contribution >= 0.6 is 0 Å². The molecule has 0 aromatic heterocycles. The van der Waals surface area contributed by atoms with Crippen LogP contribution in [0.1, 0.15) is 12.0 Å². The second-order valence-corrected chi connectivity index (χ2v) is 4.78. The predicted molar refractivity (Wildman–Crippen MR) is 78.9 cm³/mol. The number of carbonyl (C=O) groups is 1. The monoisotopic (exact) mass is 275 g/mol. The third-order valence-corrected chi connectivity index (χ3v) is 3.36. The molecular weight excluding hydrogens is 254 g/mol. The highest BCUT2D eigenvalue weighted by Gasteiger charge is 2.10. The van der Waals surface area contributed by atoms with Gasteiger partial charge in [-0.2, -0.15) is 0 Å². The second kappa shape index (κ2) is 7.82. The Balaban J connectivity index is 1.76. The number of benzene rings is 1. The van der Waals surface area contributed by atoms with Crippen LogP contribution in [0.3, 0.4) is 0 Å². The Kier molecular flexibility index (Phi) is 5.77. The number of hydrogen-bond donors (Lipinski definition) is 0. The van der Waals surface area contributed by atoms with Gasteiger partial charge in [0.2, 0.25) is 0 Å². The zero-order valence-electron chi connectivity index (χ0n) is 11.9. The maximum absolute atomic E-state index is 11.8. The second-order valence-electron chi connectivity index (χ2n) is 4.78. The molecule has 0 N–H and O–H groups in total. The van der Waals surface area contributed by atoms with Crippen LogP contribution in [0, 0.1) is 0 Å². The molecule has 0 spiro atoms. The molecular formula is C16H21NO3. The molecule has 1 aromatic rings. The van der Waals surface area contributed by atoms with Crippen LogP contribution in [-0.4, -0.2) is 50.6 Å². The smallest absolute Gasteiger partial charge is 0.156 e. The largest absolute Gasteiger partial charge is 0.497 e. The molecule has 1 heterocycles. The molecule has 0 aliphatic carbocycles. The first-order valence-electron chi connectivity index (χ1n) is 6.93. The molecule has 0 atom stereocenters. The van der Waals surface area contributed by atoms with E-state index in [1.54, 1.807) is 13.2 Å². The Hall–Kier alpha value is -1.65. The number of hydrogen-bond acceptors (Lipinski definition) is 4. The van der Waals surface area contributed by atoms with Gasteiger partial charge in [0, 0.05) is 26.1 Å². The van der Waals surface area contributed by atoms with Crippen LogP contribution in [0.15, 0.2) is 30.3 Å². The van der Waals surface area contributed by atoms with E-state index in [1.807, 2.05) is 30.3 Å². The number of nitrogens with zero attached hydrogens (tertiary/aromatic N) is 1. The van der Waals surface area contributed by atoms with E-state index in [-0.39, 0.29) is 5.78 Å². The first-order valence-corrected chi connectivity index (χ1v) is 6.93. The number of allylic oxidation sites excluding steroid dienone is 1. The van der Waals surface area contributed by atoms with Crippen molar-refractivity contribution in [2.75, 3.05) is 40.0 Å². The summed E-state index contributed by atoms with van der Waals surface area (Å²) in [7, 11) is 1.64. The van der Waals surface area contributed by atoms with Crippen molar-refractivity contribution in [3.05, 3.63) is 35.9 Å². The molecule has 108 valence electrons. The Morgan fingerprint density at radius 1 is 1.30 bits per heavy atom. The Morgan fingerprint density at radius 3 is 2.65 bits per heavy atom. The fourth-order valence-electron chi connectivity index (χ4n) is 2.08. The molecule has 0 unspecified atom stereocenters. The minimum Gasteiger partial charge on any atom is -0.497 e. The van der Waals surface area contributed by atoms with Crippen molar-refractivity contribution in [2.45, 2.75) is 6.42 Å². The lowest BCUT2D eigenvalue weighted by atomic mass is 10.1. The van der Waals surface area contributed by atoms with E-state index < -0.39 is 0 Å². The van der Waals surface area contributed by atoms with Crippen molar-refractivity contribution in [1.29, 1.82) is 0 Å². The molecule has 0 bridgehead atoms. The van der Waals surface area contributed by atoms with Crippen molar-refractivity contribution in [3.63, 3.8) is 0 Å². The first kappa shape index (κ1) is 14.8. The standard InChI is InChI=1S/C16H21NO3/c1-19-16-6-3-14(4-7-16)2-5-15(18)8-9-17-10-12-20-13-11-17/h2-7H,8-13H2,1H3/b5-2+. The molecule has 0 saturated carbocycles. The third-order valence-electron chi connectivity index (χ3n) is 3.36. The van der Waals surface area contributed by atoms with Crippen molar-refractivity contribution in [1.82, 2.24) is 4.90 Å². The summed E-state index contributed by atoms with van der Waals surface area (Å²) in [5.41, 5.74) is 1.01. The van der Waals surface area contributed by atoms with Crippen molar-refractivity contribution in [2.24, 2.45) is 0 Å². The molecule has 4 nitrogen and oxygen atoms in total. The summed E-state index contributed by atoms with van der Waals surface area (Å²) in [5.74, 6) is 0.980. The van der Waals surface area contributed by atoms with Crippen LogP contribution in [0.5, 0.6) is 5.75 Å². The summed E-state index contributed by atoms with van der Waals surface area (Å²) in [6.45, 7) is 4.21. The quantitative estimate of drug-likeness (QED) is 0.744. The highest BCUT2D eigenvalue weighted by Crippen LogP contribution is 2.12. The summed E-state index contributed by atoms with van der Waals surface area (Å²) in [6, 6.07) is 7.64. The van der Waals surface area contributed by atoms with Gasteiger partial charge in [0.15, 0.2) is 5.78 Å². The maximum Gasteiger partial charge on any atom is 0.156 e. The summed E-state index contributed by atoms with van der Waals surface area (Å²) in [6.07, 6.45) is 4.07. The van der Waals surface area contributed by atoms with Crippen LogP contribution < -0.4 is 4.74 Å². The highest BCUT2D eigenvalue weighted by molar-refractivity contribution is 5.93. The van der Waals surface area contributed by atoms with Gasteiger partial charge >= 0.3 is 0 Å². The lowest BCUT2D eigenvalue weighted by Gasteiger charge is -2.25. The van der Waals surface area contributed by atoms with E-state index in [9.17, 15) is 4.79 Å². The summed E-state index contributed by atoms with van der Waals surface area (Å²) in [4.78, 5) is 14.1. The molecule has 2 rings (SSSR count). The number of morpholine rings is 1. The predicted octanol–water partition coefficient (Wildman–Crippen LogP) is 2.00. The zero-order chi connectivity index (χ0) is 14.2. The Bertz CT molecular complexity index is 447. The minimum atomic E-state index is 0.160. The van der Waals surface area contributed by atoms with E-state index in [4.69, 9.17) is 9.47 Å². The van der Waals surface area contributed by atoms with Gasteiger partial charge in [-0.05, 0) is 23.8 Å². The number of ketones is 1. The molecule has 1 aromatic carbocycles. The molecule has 1 saturated heterocycles. The van der Waals surface area contributed by atoms with E-state index in [0.29, 0.717) is 6.42 Å². The van der Waals surface area contributed by atoms with E-state index in [2.05, 4.69) is 4.90 Å². The van der Waals surface area contributed by atoms with Crippen molar-refractivity contribution < 1.29 is 14.3 Å². The number of rotatable bonds is 6. The number of methoxy groups -OCH3 is 1. The first-order chi connectivity index (χ1) is 9.78. The topological polar surface area (TPSA) is 38.8 Å². The molecule has 1 aliphatic rings. The third kappa shape index (κ3) is 4.79.